The van der Waals surface area contributed by atoms with Gasteiger partial charge in [0.15, 0.2) is 11.8 Å². The minimum atomic E-state index is -0.632. The summed E-state index contributed by atoms with van der Waals surface area (Å²) in [7, 11) is 0. The Morgan fingerprint density at radius 2 is 1.94 bits per heavy atom. The fourth-order valence-electron chi connectivity index (χ4n) is 4.35. The number of rotatable bonds is 5. The minimum Gasteiger partial charge on any atom is -0.482 e. The van der Waals surface area contributed by atoms with Crippen LogP contribution in [0.2, 0.25) is 5.22 Å². The van der Waals surface area contributed by atoms with Crippen LogP contribution in [-0.2, 0) is 15.0 Å². The van der Waals surface area contributed by atoms with Crippen molar-refractivity contribution in [1.82, 2.24) is 5.32 Å². The van der Waals surface area contributed by atoms with E-state index in [1.54, 1.807) is 18.2 Å². The second-order valence-corrected chi connectivity index (χ2v) is 8.91. The molecular weight excluding hydrogens is 428 g/mol. The molecule has 32 heavy (non-hydrogen) atoms. The summed E-state index contributed by atoms with van der Waals surface area (Å²) in [4.78, 5) is 25.1. The van der Waals surface area contributed by atoms with E-state index in [1.165, 1.54) is 0 Å². The Morgan fingerprint density at radius 3 is 2.62 bits per heavy atom. The van der Waals surface area contributed by atoms with Crippen LogP contribution in [0.25, 0.3) is 0 Å². The van der Waals surface area contributed by atoms with Crippen molar-refractivity contribution in [3.63, 3.8) is 0 Å². The molecule has 2 N–H and O–H groups in total. The molecule has 2 aromatic carbocycles. The summed E-state index contributed by atoms with van der Waals surface area (Å²) in [5.74, 6) is 0.917. The molecular formula is C25H23ClN2O4. The second-order valence-electron chi connectivity index (χ2n) is 8.54. The summed E-state index contributed by atoms with van der Waals surface area (Å²) in [5.41, 5.74) is 4.04. The van der Waals surface area contributed by atoms with Crippen molar-refractivity contribution >= 4 is 29.1 Å². The molecule has 0 spiro atoms. The lowest BCUT2D eigenvalue weighted by Gasteiger charge is -2.25. The van der Waals surface area contributed by atoms with Crippen molar-refractivity contribution in [2.45, 2.75) is 38.1 Å². The molecule has 2 amide bonds. The third-order valence-electron chi connectivity index (χ3n) is 6.24. The monoisotopic (exact) mass is 450 g/mol. The van der Waals surface area contributed by atoms with Gasteiger partial charge in [-0.25, -0.2) is 0 Å². The molecule has 5 rings (SSSR count). The van der Waals surface area contributed by atoms with Gasteiger partial charge < -0.3 is 19.8 Å². The quantitative estimate of drug-likeness (QED) is 0.584. The van der Waals surface area contributed by atoms with Crippen molar-refractivity contribution in [2.24, 2.45) is 0 Å². The van der Waals surface area contributed by atoms with Gasteiger partial charge in [-0.3, -0.25) is 9.59 Å². The summed E-state index contributed by atoms with van der Waals surface area (Å²) < 4.78 is 11.3. The maximum absolute atomic E-state index is 13.6. The van der Waals surface area contributed by atoms with E-state index >= 15 is 0 Å². The number of halogens is 1. The Labute approximate surface area is 190 Å². The topological polar surface area (TPSA) is 80.6 Å². The molecule has 1 saturated carbocycles. The number of furan rings is 1. The number of carbonyl (C=O) groups excluding carboxylic acids is 2. The third-order valence-corrected chi connectivity index (χ3v) is 6.45. The lowest BCUT2D eigenvalue weighted by atomic mass is 9.92. The molecule has 1 fully saturated rings. The smallest absolute Gasteiger partial charge is 0.262 e. The SMILES string of the molecule is Cc1ccc(C(NC(=O)C2(c3ccc4c(c3)OCC(=O)N4)CC2)c2ccc(Cl)o2)c(C)c1. The van der Waals surface area contributed by atoms with Crippen LogP contribution in [0, 0.1) is 13.8 Å². The average Bonchev–Trinajstić information content (AvgIpc) is 3.47. The maximum Gasteiger partial charge on any atom is 0.262 e. The van der Waals surface area contributed by atoms with Crippen LogP contribution in [0.3, 0.4) is 0 Å². The Morgan fingerprint density at radius 1 is 1.12 bits per heavy atom. The fourth-order valence-corrected chi connectivity index (χ4v) is 4.50. The Bertz CT molecular complexity index is 1230. The molecule has 164 valence electrons. The average molecular weight is 451 g/mol. The molecule has 1 aliphatic heterocycles. The van der Waals surface area contributed by atoms with E-state index in [0.717, 1.165) is 35.1 Å². The predicted octanol–water partition coefficient (Wildman–Crippen LogP) is 4.82. The van der Waals surface area contributed by atoms with Gasteiger partial charge in [-0.2, -0.15) is 0 Å². The molecule has 0 bridgehead atoms. The number of amides is 2. The van der Waals surface area contributed by atoms with Crippen molar-refractivity contribution in [2.75, 3.05) is 11.9 Å². The number of ether oxygens (including phenoxy) is 1. The van der Waals surface area contributed by atoms with Gasteiger partial charge in [-0.05, 0) is 79.2 Å². The summed E-state index contributed by atoms with van der Waals surface area (Å²) in [6.07, 6.45) is 1.48. The molecule has 0 radical (unpaired) electrons. The molecule has 7 heteroatoms. The van der Waals surface area contributed by atoms with E-state index < -0.39 is 11.5 Å². The van der Waals surface area contributed by atoms with Crippen LogP contribution in [0.1, 0.15) is 46.9 Å². The number of hydrogen-bond acceptors (Lipinski definition) is 4. The molecule has 6 nitrogen and oxygen atoms in total. The number of hydrogen-bond donors (Lipinski definition) is 2. The Balaban J connectivity index is 1.46. The van der Waals surface area contributed by atoms with E-state index in [2.05, 4.69) is 16.7 Å². The van der Waals surface area contributed by atoms with Gasteiger partial charge in [0.25, 0.3) is 5.91 Å². The molecule has 2 aliphatic rings. The Hall–Kier alpha value is -3.25. The summed E-state index contributed by atoms with van der Waals surface area (Å²) in [6, 6.07) is 14.7. The van der Waals surface area contributed by atoms with Crippen LogP contribution in [0.5, 0.6) is 5.75 Å². The van der Waals surface area contributed by atoms with Crippen molar-refractivity contribution < 1.29 is 18.7 Å². The molecule has 1 unspecified atom stereocenters. The van der Waals surface area contributed by atoms with Crippen LogP contribution >= 0.6 is 11.6 Å². The molecule has 0 saturated heterocycles. The number of anilines is 1. The molecule has 3 aromatic rings. The fraction of sp³-hybridized carbons (Fsp3) is 0.280. The number of nitrogens with one attached hydrogen (secondary N) is 2. The zero-order chi connectivity index (χ0) is 22.5. The molecule has 2 heterocycles. The van der Waals surface area contributed by atoms with Crippen LogP contribution in [0.15, 0.2) is 52.9 Å². The normalized spacial score (nSPS) is 17.0. The first-order chi connectivity index (χ1) is 15.4. The van der Waals surface area contributed by atoms with Gasteiger partial charge in [0, 0.05) is 0 Å². The van der Waals surface area contributed by atoms with Gasteiger partial charge in [0.2, 0.25) is 5.91 Å². The molecule has 1 atom stereocenters. The van der Waals surface area contributed by atoms with E-state index in [-0.39, 0.29) is 23.6 Å². The standard InChI is InChI=1S/C25H23ClN2O4/c1-14-3-5-17(15(2)11-14)23(19-7-8-21(26)32-19)28-24(30)25(9-10-25)16-4-6-18-20(12-16)31-13-22(29)27-18/h3-8,11-12,23H,9-10,13H2,1-2H3,(H,27,29)(H,28,30). The first kappa shape index (κ1) is 20.6. The van der Waals surface area contributed by atoms with Gasteiger partial charge in [0.1, 0.15) is 17.6 Å². The zero-order valence-corrected chi connectivity index (χ0v) is 18.6. The number of benzene rings is 2. The highest BCUT2D eigenvalue weighted by atomic mass is 35.5. The van der Waals surface area contributed by atoms with Gasteiger partial charge in [0.05, 0.1) is 11.1 Å². The number of fused-ring (bicyclic) bond motifs is 1. The van der Waals surface area contributed by atoms with E-state index in [1.807, 2.05) is 38.1 Å². The van der Waals surface area contributed by atoms with E-state index in [4.69, 9.17) is 20.8 Å². The molecule has 1 aliphatic carbocycles. The van der Waals surface area contributed by atoms with E-state index in [0.29, 0.717) is 17.2 Å². The molecule has 1 aromatic heterocycles. The first-order valence-corrected chi connectivity index (χ1v) is 10.9. The van der Waals surface area contributed by atoms with E-state index in [9.17, 15) is 9.59 Å². The number of carbonyl (C=O) groups is 2. The predicted molar refractivity (Wildman–Crippen MR) is 121 cm³/mol. The summed E-state index contributed by atoms with van der Waals surface area (Å²) >= 11 is 6.05. The van der Waals surface area contributed by atoms with Crippen LogP contribution < -0.4 is 15.4 Å². The Kier molecular flexibility index (Phi) is 4.97. The summed E-state index contributed by atoms with van der Waals surface area (Å²) in [6.45, 7) is 4.03. The lowest BCUT2D eigenvalue weighted by Crippen LogP contribution is -2.38. The first-order valence-electron chi connectivity index (χ1n) is 10.6. The van der Waals surface area contributed by atoms with Gasteiger partial charge in [-0.1, -0.05) is 29.8 Å². The van der Waals surface area contributed by atoms with Crippen molar-refractivity contribution in [3.8, 4) is 5.75 Å². The maximum atomic E-state index is 13.6. The second kappa shape index (κ2) is 7.71. The van der Waals surface area contributed by atoms with Gasteiger partial charge in [-0.15, -0.1) is 0 Å². The van der Waals surface area contributed by atoms with Crippen LogP contribution in [0.4, 0.5) is 5.69 Å². The third kappa shape index (κ3) is 3.65. The zero-order valence-electron chi connectivity index (χ0n) is 17.8. The highest BCUT2D eigenvalue weighted by Crippen LogP contribution is 2.50. The number of aryl methyl sites for hydroxylation is 2. The highest BCUT2D eigenvalue weighted by Gasteiger charge is 2.52. The van der Waals surface area contributed by atoms with Crippen molar-refractivity contribution in [1.29, 1.82) is 0 Å². The van der Waals surface area contributed by atoms with Gasteiger partial charge >= 0.3 is 0 Å². The minimum absolute atomic E-state index is 0.0241. The highest BCUT2D eigenvalue weighted by molar-refractivity contribution is 6.28. The largest absolute Gasteiger partial charge is 0.482 e. The van der Waals surface area contributed by atoms with Crippen molar-refractivity contribution in [3.05, 3.63) is 81.8 Å². The summed E-state index contributed by atoms with van der Waals surface area (Å²) in [5, 5.41) is 6.27. The van der Waals surface area contributed by atoms with Crippen LogP contribution in [-0.4, -0.2) is 18.4 Å². The lowest BCUT2D eigenvalue weighted by molar-refractivity contribution is -0.124.